The number of hydrogen-bond acceptors (Lipinski definition) is 2. The summed E-state index contributed by atoms with van der Waals surface area (Å²) in [5.74, 6) is -0.132. The normalized spacial score (nSPS) is 11.8. The van der Waals surface area contributed by atoms with Crippen LogP contribution in [-0.2, 0) is 10.2 Å². The van der Waals surface area contributed by atoms with Crippen molar-refractivity contribution in [3.63, 3.8) is 0 Å². The highest BCUT2D eigenvalue weighted by Gasteiger charge is 2.20. The number of aryl methyl sites for hydroxylation is 1. The largest absolute Gasteiger partial charge is 0.383 e. The van der Waals surface area contributed by atoms with Gasteiger partial charge in [-0.05, 0) is 42.5 Å². The predicted octanol–water partition coefficient (Wildman–Crippen LogP) is 3.04. The molecule has 0 heterocycles. The lowest BCUT2D eigenvalue weighted by Gasteiger charge is -2.26. The van der Waals surface area contributed by atoms with Crippen molar-refractivity contribution in [2.75, 3.05) is 26.8 Å². The van der Waals surface area contributed by atoms with Gasteiger partial charge < -0.3 is 10.1 Å². The highest BCUT2D eigenvalue weighted by Crippen LogP contribution is 2.27. The lowest BCUT2D eigenvalue weighted by molar-refractivity contribution is 0.198. The molecule has 0 atom stereocenters. The van der Waals surface area contributed by atoms with Gasteiger partial charge in [-0.2, -0.15) is 0 Å². The summed E-state index contributed by atoms with van der Waals surface area (Å²) < 4.78 is 18.2. The quantitative estimate of drug-likeness (QED) is 0.754. The topological polar surface area (TPSA) is 21.3 Å². The summed E-state index contributed by atoms with van der Waals surface area (Å²) in [6, 6.07) is 5.40. The Kier molecular flexibility index (Phi) is 5.76. The number of halogens is 1. The first kappa shape index (κ1) is 15.1. The number of hydrogen-bond donors (Lipinski definition) is 1. The fourth-order valence-electron chi connectivity index (χ4n) is 1.91. The van der Waals surface area contributed by atoms with Gasteiger partial charge in [0.05, 0.1) is 6.61 Å². The molecule has 3 heteroatoms. The summed E-state index contributed by atoms with van der Waals surface area (Å²) >= 11 is 0. The number of benzene rings is 1. The fraction of sp³-hybridized carbons (Fsp3) is 0.600. The number of rotatable bonds is 7. The van der Waals surface area contributed by atoms with Crippen LogP contribution in [0.2, 0.25) is 0 Å². The summed E-state index contributed by atoms with van der Waals surface area (Å²) in [6.07, 6.45) is 1.02. The molecule has 0 fully saturated rings. The van der Waals surface area contributed by atoms with Crippen LogP contribution in [0.15, 0.2) is 18.2 Å². The molecule has 0 saturated heterocycles. The molecule has 1 aromatic carbocycles. The Balaban J connectivity index is 2.54. The Hall–Kier alpha value is -0.930. The maximum absolute atomic E-state index is 13.3. The lowest BCUT2D eigenvalue weighted by Crippen LogP contribution is -2.27. The molecule has 0 bridgehead atoms. The molecular weight excluding hydrogens is 229 g/mol. The Bertz CT molecular complexity index is 377. The molecule has 1 aromatic rings. The van der Waals surface area contributed by atoms with Gasteiger partial charge in [0.15, 0.2) is 0 Å². The monoisotopic (exact) mass is 253 g/mol. The van der Waals surface area contributed by atoms with Crippen molar-refractivity contribution in [1.29, 1.82) is 0 Å². The molecular formula is C15H24FNO. The summed E-state index contributed by atoms with van der Waals surface area (Å²) in [4.78, 5) is 0. The van der Waals surface area contributed by atoms with Crippen molar-refractivity contribution < 1.29 is 9.13 Å². The lowest BCUT2D eigenvalue weighted by atomic mass is 9.81. The van der Waals surface area contributed by atoms with E-state index in [1.54, 1.807) is 13.2 Å². The van der Waals surface area contributed by atoms with E-state index in [1.165, 1.54) is 5.56 Å². The highest BCUT2D eigenvalue weighted by atomic mass is 19.1. The third kappa shape index (κ3) is 4.39. The SMILES string of the molecule is COCCNCCC(C)(C)c1ccc(F)c(C)c1. The first-order valence-electron chi connectivity index (χ1n) is 6.43. The minimum Gasteiger partial charge on any atom is -0.383 e. The third-order valence-electron chi connectivity index (χ3n) is 3.35. The molecule has 0 unspecified atom stereocenters. The second-order valence-electron chi connectivity index (χ2n) is 5.34. The molecule has 102 valence electrons. The van der Waals surface area contributed by atoms with E-state index >= 15 is 0 Å². The second-order valence-corrected chi connectivity index (χ2v) is 5.34. The molecule has 0 radical (unpaired) electrons. The Labute approximate surface area is 110 Å². The van der Waals surface area contributed by atoms with E-state index in [0.29, 0.717) is 5.56 Å². The van der Waals surface area contributed by atoms with E-state index in [2.05, 4.69) is 19.2 Å². The predicted molar refractivity (Wildman–Crippen MR) is 73.5 cm³/mol. The van der Waals surface area contributed by atoms with Crippen LogP contribution in [0.1, 0.15) is 31.4 Å². The smallest absolute Gasteiger partial charge is 0.126 e. The van der Waals surface area contributed by atoms with Crippen LogP contribution in [-0.4, -0.2) is 26.8 Å². The summed E-state index contributed by atoms with van der Waals surface area (Å²) in [6.45, 7) is 8.74. The maximum atomic E-state index is 13.3. The molecule has 0 aliphatic heterocycles. The van der Waals surface area contributed by atoms with E-state index in [4.69, 9.17) is 4.74 Å². The van der Waals surface area contributed by atoms with Crippen LogP contribution in [0, 0.1) is 12.7 Å². The number of methoxy groups -OCH3 is 1. The zero-order valence-corrected chi connectivity index (χ0v) is 11.8. The van der Waals surface area contributed by atoms with E-state index in [9.17, 15) is 4.39 Å². The van der Waals surface area contributed by atoms with Crippen LogP contribution in [0.25, 0.3) is 0 Å². The summed E-state index contributed by atoms with van der Waals surface area (Å²) in [5, 5.41) is 3.34. The molecule has 1 N–H and O–H groups in total. The van der Waals surface area contributed by atoms with Gasteiger partial charge >= 0.3 is 0 Å². The highest BCUT2D eigenvalue weighted by molar-refractivity contribution is 5.29. The van der Waals surface area contributed by atoms with Gasteiger partial charge in [0, 0.05) is 13.7 Å². The molecule has 1 rings (SSSR count). The number of nitrogens with one attached hydrogen (secondary N) is 1. The van der Waals surface area contributed by atoms with Crippen LogP contribution in [0.5, 0.6) is 0 Å². The minimum atomic E-state index is -0.132. The molecule has 18 heavy (non-hydrogen) atoms. The molecule has 2 nitrogen and oxygen atoms in total. The van der Waals surface area contributed by atoms with Gasteiger partial charge in [0.2, 0.25) is 0 Å². The van der Waals surface area contributed by atoms with Crippen LogP contribution < -0.4 is 5.32 Å². The van der Waals surface area contributed by atoms with Crippen molar-refractivity contribution in [1.82, 2.24) is 5.32 Å². The van der Waals surface area contributed by atoms with E-state index in [0.717, 1.165) is 26.1 Å². The molecule has 0 amide bonds. The van der Waals surface area contributed by atoms with Gasteiger partial charge in [-0.1, -0.05) is 26.0 Å². The average molecular weight is 253 g/mol. The van der Waals surface area contributed by atoms with Gasteiger partial charge in [-0.25, -0.2) is 4.39 Å². The van der Waals surface area contributed by atoms with Gasteiger partial charge in [0.1, 0.15) is 5.82 Å². The first-order chi connectivity index (χ1) is 8.47. The van der Waals surface area contributed by atoms with Gasteiger partial charge in [0.25, 0.3) is 0 Å². The summed E-state index contributed by atoms with van der Waals surface area (Å²) in [5.41, 5.74) is 1.96. The standard InChI is InChI=1S/C15H24FNO/c1-12-11-13(5-6-14(12)16)15(2,3)7-8-17-9-10-18-4/h5-6,11,17H,7-10H2,1-4H3. The third-order valence-corrected chi connectivity index (χ3v) is 3.35. The molecule has 0 aromatic heterocycles. The second kappa shape index (κ2) is 6.86. The van der Waals surface area contributed by atoms with E-state index in [1.807, 2.05) is 19.1 Å². The van der Waals surface area contributed by atoms with Crippen LogP contribution >= 0.6 is 0 Å². The van der Waals surface area contributed by atoms with Crippen molar-refractivity contribution in [2.24, 2.45) is 0 Å². The van der Waals surface area contributed by atoms with Gasteiger partial charge in [-0.15, -0.1) is 0 Å². The van der Waals surface area contributed by atoms with E-state index in [-0.39, 0.29) is 11.2 Å². The Morgan fingerprint density at radius 1 is 1.28 bits per heavy atom. The van der Waals surface area contributed by atoms with Crippen molar-refractivity contribution in [3.8, 4) is 0 Å². The molecule has 0 aliphatic carbocycles. The van der Waals surface area contributed by atoms with E-state index < -0.39 is 0 Å². The van der Waals surface area contributed by atoms with Crippen molar-refractivity contribution in [3.05, 3.63) is 35.1 Å². The first-order valence-corrected chi connectivity index (χ1v) is 6.43. The number of ether oxygens (including phenoxy) is 1. The summed E-state index contributed by atoms with van der Waals surface area (Å²) in [7, 11) is 1.70. The zero-order valence-electron chi connectivity index (χ0n) is 11.8. The Morgan fingerprint density at radius 3 is 2.61 bits per heavy atom. The van der Waals surface area contributed by atoms with Gasteiger partial charge in [-0.3, -0.25) is 0 Å². The van der Waals surface area contributed by atoms with Crippen LogP contribution in [0.4, 0.5) is 4.39 Å². The Morgan fingerprint density at radius 2 is 2.00 bits per heavy atom. The van der Waals surface area contributed by atoms with Crippen LogP contribution in [0.3, 0.4) is 0 Å². The fourth-order valence-corrected chi connectivity index (χ4v) is 1.91. The average Bonchev–Trinajstić information content (AvgIpc) is 2.32. The zero-order chi connectivity index (χ0) is 13.6. The van der Waals surface area contributed by atoms with Crippen molar-refractivity contribution >= 4 is 0 Å². The molecule has 0 aliphatic rings. The molecule has 0 spiro atoms. The minimum absolute atomic E-state index is 0.0541. The molecule has 0 saturated carbocycles. The van der Waals surface area contributed by atoms with Crippen molar-refractivity contribution in [2.45, 2.75) is 32.6 Å². The maximum Gasteiger partial charge on any atom is 0.126 e.